The summed E-state index contributed by atoms with van der Waals surface area (Å²) in [6.45, 7) is 3.59. The van der Waals surface area contributed by atoms with Gasteiger partial charge in [-0.15, -0.1) is 11.3 Å². The minimum Gasteiger partial charge on any atom is -0.368 e. The standard InChI is InChI=1S/C33H36F2N6O2S/c34-11-12-40-13-15-41(16-14-40)25-9-10-30(37-21-25)36-20-24-17-23(19-38-32(24)42)26-6-4-7-27(31(26)35)39-33(43)29-18-22-5-2-1-3-8-28(22)44-29/h4,6-7,9-10,17-19,21H,1-3,5,8,11-16,20H2,(H,36,37)(H,38,42)(H,39,43). The molecule has 6 rings (SSSR count). The maximum atomic E-state index is 15.7. The van der Waals surface area contributed by atoms with E-state index >= 15 is 4.39 Å². The van der Waals surface area contributed by atoms with Gasteiger partial charge in [0.2, 0.25) is 0 Å². The molecule has 3 N–H and O–H groups in total. The molecule has 1 saturated heterocycles. The number of aryl methyl sites for hydroxylation is 2. The van der Waals surface area contributed by atoms with Gasteiger partial charge in [-0.2, -0.15) is 0 Å². The zero-order valence-corrected chi connectivity index (χ0v) is 25.3. The van der Waals surface area contributed by atoms with Gasteiger partial charge in [-0.1, -0.05) is 18.6 Å². The molecule has 11 heteroatoms. The Balaban J connectivity index is 1.11. The molecule has 0 unspecified atom stereocenters. The largest absolute Gasteiger partial charge is 0.368 e. The second-order valence-electron chi connectivity index (χ2n) is 11.3. The van der Waals surface area contributed by atoms with Crippen LogP contribution in [0.4, 0.5) is 26.0 Å². The molecule has 0 bridgehead atoms. The van der Waals surface area contributed by atoms with Crippen LogP contribution >= 0.6 is 11.3 Å². The SMILES string of the molecule is O=C(Nc1cccc(-c2c[nH]c(=O)c(CNc3ccc(N4CCN(CCF)CC4)cn3)c2)c1F)c1cc2c(s1)CCCCC2. The number of carbonyl (C=O) groups excluding carboxylic acids is 1. The number of piperazine rings is 1. The Morgan fingerprint density at radius 3 is 2.68 bits per heavy atom. The van der Waals surface area contributed by atoms with Crippen LogP contribution in [-0.2, 0) is 19.4 Å². The van der Waals surface area contributed by atoms with E-state index in [1.807, 2.05) is 18.2 Å². The number of halogens is 2. The number of aromatic nitrogens is 2. The number of alkyl halides is 1. The Labute approximate surface area is 259 Å². The van der Waals surface area contributed by atoms with E-state index in [2.05, 4.69) is 30.4 Å². The molecule has 0 saturated carbocycles. The Morgan fingerprint density at radius 2 is 1.89 bits per heavy atom. The average Bonchev–Trinajstić information content (AvgIpc) is 3.33. The summed E-state index contributed by atoms with van der Waals surface area (Å²) >= 11 is 1.50. The van der Waals surface area contributed by atoms with Crippen LogP contribution in [-0.4, -0.2) is 60.2 Å². The van der Waals surface area contributed by atoms with Crippen LogP contribution in [0.5, 0.6) is 0 Å². The van der Waals surface area contributed by atoms with Gasteiger partial charge in [0.15, 0.2) is 5.82 Å². The Bertz CT molecular complexity index is 1640. The summed E-state index contributed by atoms with van der Waals surface area (Å²) in [4.78, 5) is 39.1. The van der Waals surface area contributed by atoms with E-state index < -0.39 is 5.82 Å². The summed E-state index contributed by atoms with van der Waals surface area (Å²) in [5, 5.41) is 5.93. The topological polar surface area (TPSA) is 93.4 Å². The average molecular weight is 619 g/mol. The summed E-state index contributed by atoms with van der Waals surface area (Å²) in [7, 11) is 0. The van der Waals surface area contributed by atoms with Gasteiger partial charge in [0.1, 0.15) is 12.5 Å². The molecular formula is C33H36F2N6O2S. The Hall–Kier alpha value is -4.09. The van der Waals surface area contributed by atoms with Gasteiger partial charge in [-0.3, -0.25) is 14.5 Å². The number of benzene rings is 1. The first kappa shape index (κ1) is 30.0. The fourth-order valence-electron chi connectivity index (χ4n) is 5.85. The van der Waals surface area contributed by atoms with Gasteiger partial charge in [0.25, 0.3) is 11.5 Å². The van der Waals surface area contributed by atoms with Gasteiger partial charge < -0.3 is 20.5 Å². The summed E-state index contributed by atoms with van der Waals surface area (Å²) in [5.74, 6) is -0.271. The number of carbonyl (C=O) groups is 1. The molecule has 44 heavy (non-hydrogen) atoms. The first-order chi connectivity index (χ1) is 21.5. The molecule has 230 valence electrons. The van der Waals surface area contributed by atoms with Gasteiger partial charge in [-0.05, 0) is 61.6 Å². The molecule has 0 atom stereocenters. The maximum absolute atomic E-state index is 15.7. The number of aromatic amines is 1. The van der Waals surface area contributed by atoms with E-state index in [-0.39, 0.29) is 35.9 Å². The molecule has 3 aromatic heterocycles. The second-order valence-corrected chi connectivity index (χ2v) is 12.4. The predicted octanol–water partition coefficient (Wildman–Crippen LogP) is 5.86. The normalized spacial score (nSPS) is 15.5. The smallest absolute Gasteiger partial charge is 0.265 e. The van der Waals surface area contributed by atoms with E-state index in [9.17, 15) is 14.0 Å². The summed E-state index contributed by atoms with van der Waals surface area (Å²) in [5.41, 5.74) is 3.22. The van der Waals surface area contributed by atoms with Crippen molar-refractivity contribution in [2.24, 2.45) is 0 Å². The molecular weight excluding hydrogens is 582 g/mol. The highest BCUT2D eigenvalue weighted by atomic mass is 32.1. The number of thiophene rings is 1. The van der Waals surface area contributed by atoms with Crippen molar-refractivity contribution in [3.8, 4) is 11.1 Å². The number of rotatable bonds is 9. The van der Waals surface area contributed by atoms with Gasteiger partial charge in [0, 0.05) is 67.0 Å². The molecule has 2 aliphatic rings. The summed E-state index contributed by atoms with van der Waals surface area (Å²) in [6, 6.07) is 12.3. The third kappa shape index (κ3) is 6.84. The van der Waals surface area contributed by atoms with Crippen molar-refractivity contribution in [2.45, 2.75) is 38.6 Å². The number of hydrogen-bond donors (Lipinski definition) is 3. The third-order valence-electron chi connectivity index (χ3n) is 8.35. The van der Waals surface area contributed by atoms with Crippen LogP contribution in [0.25, 0.3) is 11.1 Å². The first-order valence-electron chi connectivity index (χ1n) is 15.1. The van der Waals surface area contributed by atoms with Crippen LogP contribution in [0.3, 0.4) is 0 Å². The van der Waals surface area contributed by atoms with Crippen molar-refractivity contribution in [3.05, 3.63) is 91.9 Å². The highest BCUT2D eigenvalue weighted by Gasteiger charge is 2.20. The lowest BCUT2D eigenvalue weighted by Gasteiger charge is -2.35. The number of pyridine rings is 2. The predicted molar refractivity (Wildman–Crippen MR) is 172 cm³/mol. The maximum Gasteiger partial charge on any atom is 0.265 e. The van der Waals surface area contributed by atoms with Crippen molar-refractivity contribution >= 4 is 34.4 Å². The zero-order chi connectivity index (χ0) is 30.5. The lowest BCUT2D eigenvalue weighted by Crippen LogP contribution is -2.47. The van der Waals surface area contributed by atoms with Crippen molar-refractivity contribution in [1.29, 1.82) is 0 Å². The lowest BCUT2D eigenvalue weighted by atomic mass is 10.0. The van der Waals surface area contributed by atoms with Crippen molar-refractivity contribution < 1.29 is 13.6 Å². The van der Waals surface area contributed by atoms with Crippen molar-refractivity contribution in [2.75, 3.05) is 54.9 Å². The van der Waals surface area contributed by atoms with Gasteiger partial charge >= 0.3 is 0 Å². The number of nitrogens with zero attached hydrogens (tertiary/aromatic N) is 3. The fourth-order valence-corrected chi connectivity index (χ4v) is 6.99. The van der Waals surface area contributed by atoms with Crippen LogP contribution in [0.1, 0.15) is 44.9 Å². The minimum absolute atomic E-state index is 0.0927. The van der Waals surface area contributed by atoms with Gasteiger partial charge in [0.05, 0.1) is 22.4 Å². The monoisotopic (exact) mass is 618 g/mol. The Kier molecular flexibility index (Phi) is 9.32. The number of hydrogen-bond acceptors (Lipinski definition) is 7. The fraction of sp³-hybridized carbons (Fsp3) is 0.364. The zero-order valence-electron chi connectivity index (χ0n) is 24.5. The van der Waals surface area contributed by atoms with Crippen molar-refractivity contribution in [3.63, 3.8) is 0 Å². The van der Waals surface area contributed by atoms with E-state index in [1.165, 1.54) is 34.4 Å². The van der Waals surface area contributed by atoms with Crippen LogP contribution in [0, 0.1) is 5.82 Å². The number of H-pyrrole nitrogens is 1. The van der Waals surface area contributed by atoms with E-state index in [4.69, 9.17) is 0 Å². The van der Waals surface area contributed by atoms with Crippen LogP contribution < -0.4 is 21.1 Å². The van der Waals surface area contributed by atoms with E-state index in [0.717, 1.165) is 57.5 Å². The van der Waals surface area contributed by atoms with Crippen LogP contribution in [0.15, 0.2) is 59.7 Å². The second kappa shape index (κ2) is 13.7. The molecule has 0 spiro atoms. The number of anilines is 3. The van der Waals surface area contributed by atoms with Crippen molar-refractivity contribution in [1.82, 2.24) is 14.9 Å². The molecule has 0 radical (unpaired) electrons. The molecule has 4 heterocycles. The first-order valence-corrected chi connectivity index (χ1v) is 16.0. The van der Waals surface area contributed by atoms with E-state index in [1.54, 1.807) is 30.5 Å². The van der Waals surface area contributed by atoms with Gasteiger partial charge in [-0.25, -0.2) is 13.8 Å². The highest BCUT2D eigenvalue weighted by molar-refractivity contribution is 7.14. The minimum atomic E-state index is -0.562. The molecule has 1 amide bonds. The molecule has 1 aromatic carbocycles. The number of fused-ring (bicyclic) bond motifs is 1. The number of amides is 1. The highest BCUT2D eigenvalue weighted by Crippen LogP contribution is 2.31. The summed E-state index contributed by atoms with van der Waals surface area (Å²) in [6.07, 6.45) is 8.70. The van der Waals surface area contributed by atoms with E-state index in [0.29, 0.717) is 28.4 Å². The lowest BCUT2D eigenvalue weighted by molar-refractivity contribution is 0.103. The molecule has 4 aromatic rings. The van der Waals surface area contributed by atoms with Crippen LogP contribution in [0.2, 0.25) is 0 Å². The molecule has 1 aliphatic heterocycles. The Morgan fingerprint density at radius 1 is 1.05 bits per heavy atom. The molecule has 1 fully saturated rings. The quantitative estimate of drug-likeness (QED) is 0.204. The molecule has 1 aliphatic carbocycles. The third-order valence-corrected chi connectivity index (χ3v) is 9.59. The molecule has 8 nitrogen and oxygen atoms in total. The summed E-state index contributed by atoms with van der Waals surface area (Å²) < 4.78 is 28.3. The number of nitrogens with one attached hydrogen (secondary N) is 3.